The first-order valence-corrected chi connectivity index (χ1v) is 6.30. The van der Waals surface area contributed by atoms with E-state index < -0.39 is 0 Å². The molecule has 3 rings (SSSR count). The molecule has 0 aliphatic heterocycles. The number of aromatic nitrogens is 1. The number of nitrogens with zero attached hydrogens (tertiary/aromatic N) is 1. The predicted molar refractivity (Wildman–Crippen MR) is 70.5 cm³/mol. The van der Waals surface area contributed by atoms with Gasteiger partial charge in [-0.3, -0.25) is 0 Å². The Hall–Kier alpha value is -1.32. The molecule has 0 atom stereocenters. The number of hydrogen-bond acceptors (Lipinski definition) is 2. The molecule has 0 unspecified atom stereocenters. The summed E-state index contributed by atoms with van der Waals surface area (Å²) in [4.78, 5) is 0. The third-order valence-corrected chi connectivity index (χ3v) is 3.98. The predicted octanol–water partition coefficient (Wildman–Crippen LogP) is 2.15. The Morgan fingerprint density at radius 3 is 2.59 bits per heavy atom. The number of benzene rings is 1. The minimum Gasteiger partial charge on any atom is -0.329 e. The molecule has 90 valence electrons. The Labute approximate surface area is 101 Å². The van der Waals surface area contributed by atoms with Crippen LogP contribution in [0.5, 0.6) is 0 Å². The first-order chi connectivity index (χ1) is 8.19. The Bertz CT molecular complexity index is 521. The molecule has 1 heterocycles. The second-order valence-corrected chi connectivity index (χ2v) is 5.19. The highest BCUT2D eigenvalue weighted by atomic mass is 15.2. The van der Waals surface area contributed by atoms with E-state index in [1.807, 2.05) is 0 Å². The van der Waals surface area contributed by atoms with Gasteiger partial charge in [-0.25, -0.2) is 0 Å². The Morgan fingerprint density at radius 1 is 1.12 bits per heavy atom. The normalized spacial score (nSPS) is 29.6. The third kappa shape index (κ3) is 1.75. The van der Waals surface area contributed by atoms with Gasteiger partial charge in [-0.2, -0.15) is 0 Å². The van der Waals surface area contributed by atoms with Crippen LogP contribution in [0.2, 0.25) is 0 Å². The minimum absolute atomic E-state index is 0.251. The molecule has 1 saturated carbocycles. The zero-order chi connectivity index (χ0) is 11.9. The van der Waals surface area contributed by atoms with Crippen LogP contribution in [0.1, 0.15) is 25.7 Å². The fourth-order valence-electron chi connectivity index (χ4n) is 2.85. The van der Waals surface area contributed by atoms with Gasteiger partial charge >= 0.3 is 0 Å². The topological polar surface area (TPSA) is 57.0 Å². The summed E-state index contributed by atoms with van der Waals surface area (Å²) in [5, 5.41) is 1.26. The lowest BCUT2D eigenvalue weighted by atomic mass is 9.86. The molecule has 2 aromatic rings. The van der Waals surface area contributed by atoms with E-state index in [2.05, 4.69) is 41.1 Å². The van der Waals surface area contributed by atoms with Crippen molar-refractivity contribution in [3.05, 3.63) is 36.5 Å². The van der Waals surface area contributed by atoms with Crippen LogP contribution >= 0.6 is 0 Å². The second kappa shape index (κ2) is 3.86. The number of hydrogen-bond donors (Lipinski definition) is 2. The van der Waals surface area contributed by atoms with Crippen LogP contribution in [0.3, 0.4) is 0 Å². The van der Waals surface area contributed by atoms with Gasteiger partial charge < -0.3 is 16.0 Å². The van der Waals surface area contributed by atoms with Crippen molar-refractivity contribution in [3.63, 3.8) is 0 Å². The van der Waals surface area contributed by atoms with Crippen LogP contribution in [-0.4, -0.2) is 10.6 Å². The summed E-state index contributed by atoms with van der Waals surface area (Å²) in [6.45, 7) is 0. The highest BCUT2D eigenvalue weighted by molar-refractivity contribution is 5.80. The van der Waals surface area contributed by atoms with Crippen molar-refractivity contribution in [2.45, 2.75) is 37.4 Å². The standard InChI is InChI=1S/C14H19N3/c15-12-5-8-14(16,9-6-12)17-10-7-11-3-1-2-4-13(11)17/h1-4,7,10,12H,5-6,8-9,15-16H2. The molecule has 1 aromatic carbocycles. The molecule has 1 aliphatic carbocycles. The van der Waals surface area contributed by atoms with Crippen LogP contribution in [0.4, 0.5) is 0 Å². The average molecular weight is 229 g/mol. The van der Waals surface area contributed by atoms with Gasteiger partial charge in [0.25, 0.3) is 0 Å². The lowest BCUT2D eigenvalue weighted by molar-refractivity contribution is 0.194. The van der Waals surface area contributed by atoms with Crippen molar-refractivity contribution in [1.29, 1.82) is 0 Å². The summed E-state index contributed by atoms with van der Waals surface area (Å²) in [6.07, 6.45) is 6.08. The van der Waals surface area contributed by atoms with E-state index in [0.29, 0.717) is 6.04 Å². The largest absolute Gasteiger partial charge is 0.329 e. The highest BCUT2D eigenvalue weighted by Crippen LogP contribution is 2.32. The number of rotatable bonds is 1. The van der Waals surface area contributed by atoms with E-state index in [-0.39, 0.29) is 5.66 Å². The van der Waals surface area contributed by atoms with Gasteiger partial charge in [0.2, 0.25) is 0 Å². The maximum atomic E-state index is 6.56. The summed E-state index contributed by atoms with van der Waals surface area (Å²) < 4.78 is 2.23. The highest BCUT2D eigenvalue weighted by Gasteiger charge is 2.32. The lowest BCUT2D eigenvalue weighted by Crippen LogP contribution is -2.47. The first-order valence-electron chi connectivity index (χ1n) is 6.30. The zero-order valence-electron chi connectivity index (χ0n) is 9.97. The monoisotopic (exact) mass is 229 g/mol. The number of para-hydroxylation sites is 1. The fraction of sp³-hybridized carbons (Fsp3) is 0.429. The molecule has 3 heteroatoms. The van der Waals surface area contributed by atoms with Gasteiger partial charge in [-0.1, -0.05) is 18.2 Å². The van der Waals surface area contributed by atoms with Crippen molar-refractivity contribution in [2.75, 3.05) is 0 Å². The van der Waals surface area contributed by atoms with Crippen LogP contribution in [0, 0.1) is 0 Å². The van der Waals surface area contributed by atoms with Crippen LogP contribution in [0.25, 0.3) is 10.9 Å². The van der Waals surface area contributed by atoms with Gasteiger partial charge in [0.05, 0.1) is 5.66 Å². The molecule has 1 aliphatic rings. The van der Waals surface area contributed by atoms with Crippen molar-refractivity contribution < 1.29 is 0 Å². The van der Waals surface area contributed by atoms with Crippen LogP contribution in [-0.2, 0) is 5.66 Å². The summed E-state index contributed by atoms with van der Waals surface area (Å²) in [6, 6.07) is 10.9. The Kier molecular flexibility index (Phi) is 2.45. The van der Waals surface area contributed by atoms with E-state index >= 15 is 0 Å². The molecule has 0 spiro atoms. The second-order valence-electron chi connectivity index (χ2n) is 5.19. The summed E-state index contributed by atoms with van der Waals surface area (Å²) in [5.41, 5.74) is 13.5. The van der Waals surface area contributed by atoms with E-state index in [1.54, 1.807) is 0 Å². The number of fused-ring (bicyclic) bond motifs is 1. The molecule has 3 nitrogen and oxygen atoms in total. The number of nitrogens with two attached hydrogens (primary N) is 2. The van der Waals surface area contributed by atoms with Gasteiger partial charge in [-0.15, -0.1) is 0 Å². The van der Waals surface area contributed by atoms with Gasteiger partial charge in [-0.05, 0) is 43.2 Å². The summed E-state index contributed by atoms with van der Waals surface area (Å²) in [5.74, 6) is 0. The maximum absolute atomic E-state index is 6.56. The SMILES string of the molecule is NC1CCC(N)(n2ccc3ccccc32)CC1. The van der Waals surface area contributed by atoms with E-state index in [0.717, 1.165) is 25.7 Å². The molecule has 0 amide bonds. The van der Waals surface area contributed by atoms with E-state index in [9.17, 15) is 0 Å². The van der Waals surface area contributed by atoms with Gasteiger partial charge in [0.15, 0.2) is 0 Å². The van der Waals surface area contributed by atoms with Crippen molar-refractivity contribution in [3.8, 4) is 0 Å². The average Bonchev–Trinajstić information content (AvgIpc) is 2.78. The van der Waals surface area contributed by atoms with Crippen molar-refractivity contribution in [2.24, 2.45) is 11.5 Å². The quantitative estimate of drug-likeness (QED) is 0.787. The van der Waals surface area contributed by atoms with Crippen LogP contribution < -0.4 is 11.5 Å². The molecule has 1 fully saturated rings. The fourth-order valence-corrected chi connectivity index (χ4v) is 2.85. The molecule has 4 N–H and O–H groups in total. The van der Waals surface area contributed by atoms with Crippen molar-refractivity contribution in [1.82, 2.24) is 4.57 Å². The molecule has 17 heavy (non-hydrogen) atoms. The summed E-state index contributed by atoms with van der Waals surface area (Å²) in [7, 11) is 0. The Morgan fingerprint density at radius 2 is 1.82 bits per heavy atom. The molecular formula is C14H19N3. The smallest absolute Gasteiger partial charge is 0.0927 e. The minimum atomic E-state index is -0.251. The first kappa shape index (κ1) is 10.8. The van der Waals surface area contributed by atoms with Crippen molar-refractivity contribution >= 4 is 10.9 Å². The molecule has 0 saturated heterocycles. The van der Waals surface area contributed by atoms with Gasteiger partial charge in [0.1, 0.15) is 0 Å². The maximum Gasteiger partial charge on any atom is 0.0927 e. The lowest BCUT2D eigenvalue weighted by Gasteiger charge is -2.38. The molecular weight excluding hydrogens is 210 g/mol. The van der Waals surface area contributed by atoms with Gasteiger partial charge in [0, 0.05) is 17.8 Å². The molecule has 0 radical (unpaired) electrons. The van der Waals surface area contributed by atoms with E-state index in [4.69, 9.17) is 11.5 Å². The molecule has 1 aromatic heterocycles. The molecule has 0 bridgehead atoms. The zero-order valence-corrected chi connectivity index (χ0v) is 9.97. The van der Waals surface area contributed by atoms with Crippen LogP contribution in [0.15, 0.2) is 36.5 Å². The van der Waals surface area contributed by atoms with E-state index in [1.165, 1.54) is 10.9 Å². The third-order valence-electron chi connectivity index (χ3n) is 3.98. The Balaban J connectivity index is 2.03. The summed E-state index contributed by atoms with van der Waals surface area (Å²) >= 11 is 0.